The number of aryl methyl sites for hydroxylation is 1. The van der Waals surface area contributed by atoms with Gasteiger partial charge < -0.3 is 21.2 Å². The smallest absolute Gasteiger partial charge is 0.350 e. The van der Waals surface area contributed by atoms with Crippen LogP contribution in [0.4, 0.5) is 5.82 Å². The quantitative estimate of drug-likeness (QED) is 0.669. The van der Waals surface area contributed by atoms with Crippen molar-refractivity contribution in [3.05, 3.63) is 32.6 Å². The van der Waals surface area contributed by atoms with E-state index in [4.69, 9.17) is 16.3 Å². The molecule has 158 valence electrons. The molecule has 9 heteroatoms. The SMILES string of the molecule is CCOCC(N)C1CN(c2ncc3c(=O)n(N)c(=O)n(C4CC4)c3c2C)CC1C. The van der Waals surface area contributed by atoms with E-state index < -0.39 is 11.2 Å². The molecule has 4 rings (SSSR count). The van der Waals surface area contributed by atoms with Crippen molar-refractivity contribution in [2.45, 2.75) is 45.7 Å². The van der Waals surface area contributed by atoms with Crippen LogP contribution in [0.2, 0.25) is 0 Å². The van der Waals surface area contributed by atoms with Crippen LogP contribution in [-0.4, -0.2) is 46.6 Å². The average Bonchev–Trinajstić information content (AvgIpc) is 3.46. The lowest BCUT2D eigenvalue weighted by molar-refractivity contribution is 0.113. The zero-order chi connectivity index (χ0) is 20.9. The molecule has 2 aliphatic rings. The van der Waals surface area contributed by atoms with E-state index in [9.17, 15) is 9.59 Å². The highest BCUT2D eigenvalue weighted by atomic mass is 16.5. The molecule has 2 aromatic heterocycles. The third-order valence-electron chi connectivity index (χ3n) is 6.31. The van der Waals surface area contributed by atoms with Crippen molar-refractivity contribution >= 4 is 16.7 Å². The van der Waals surface area contributed by atoms with Crippen LogP contribution in [-0.2, 0) is 4.74 Å². The summed E-state index contributed by atoms with van der Waals surface area (Å²) in [6, 6.07) is 0.0593. The second kappa shape index (κ2) is 7.46. The summed E-state index contributed by atoms with van der Waals surface area (Å²) >= 11 is 0. The van der Waals surface area contributed by atoms with Crippen molar-refractivity contribution in [2.24, 2.45) is 17.6 Å². The molecule has 0 aromatic carbocycles. The van der Waals surface area contributed by atoms with Gasteiger partial charge in [0, 0.05) is 43.5 Å². The number of nitrogens with two attached hydrogens (primary N) is 2. The molecule has 1 aliphatic carbocycles. The van der Waals surface area contributed by atoms with E-state index in [0.717, 1.165) is 37.3 Å². The number of rotatable bonds is 6. The van der Waals surface area contributed by atoms with Crippen molar-refractivity contribution in [3.8, 4) is 0 Å². The molecule has 1 saturated carbocycles. The fourth-order valence-electron chi connectivity index (χ4n) is 4.58. The number of ether oxygens (including phenoxy) is 1. The van der Waals surface area contributed by atoms with E-state index in [1.807, 2.05) is 13.8 Å². The molecule has 3 unspecified atom stereocenters. The number of aromatic nitrogens is 3. The Bertz CT molecular complexity index is 1040. The van der Waals surface area contributed by atoms with Gasteiger partial charge >= 0.3 is 5.69 Å². The van der Waals surface area contributed by atoms with Gasteiger partial charge in [-0.15, -0.1) is 0 Å². The molecular formula is C20H30N6O3. The summed E-state index contributed by atoms with van der Waals surface area (Å²) < 4.78 is 7.89. The van der Waals surface area contributed by atoms with Crippen molar-refractivity contribution in [3.63, 3.8) is 0 Å². The number of hydrogen-bond acceptors (Lipinski definition) is 7. The predicted molar refractivity (Wildman–Crippen MR) is 113 cm³/mol. The molecule has 2 aromatic rings. The van der Waals surface area contributed by atoms with E-state index in [2.05, 4.69) is 16.8 Å². The van der Waals surface area contributed by atoms with Crippen LogP contribution in [0.15, 0.2) is 15.8 Å². The lowest BCUT2D eigenvalue weighted by atomic mass is 9.91. The zero-order valence-electron chi connectivity index (χ0n) is 17.3. The van der Waals surface area contributed by atoms with Crippen molar-refractivity contribution in [1.82, 2.24) is 14.2 Å². The second-order valence-corrected chi connectivity index (χ2v) is 8.40. The molecule has 0 radical (unpaired) electrons. The molecule has 9 nitrogen and oxygen atoms in total. The van der Waals surface area contributed by atoms with Gasteiger partial charge in [0.2, 0.25) is 0 Å². The Labute approximate surface area is 169 Å². The number of anilines is 1. The lowest BCUT2D eigenvalue weighted by Gasteiger charge is -2.24. The largest absolute Gasteiger partial charge is 0.380 e. The Hall–Kier alpha value is -2.39. The van der Waals surface area contributed by atoms with Crippen molar-refractivity contribution in [1.29, 1.82) is 0 Å². The van der Waals surface area contributed by atoms with Gasteiger partial charge in [-0.05, 0) is 38.5 Å². The van der Waals surface area contributed by atoms with Crippen LogP contribution in [0.3, 0.4) is 0 Å². The highest BCUT2D eigenvalue weighted by molar-refractivity contribution is 5.84. The predicted octanol–water partition coefficient (Wildman–Crippen LogP) is 0.351. The molecule has 3 heterocycles. The highest BCUT2D eigenvalue weighted by Crippen LogP contribution is 2.38. The van der Waals surface area contributed by atoms with Crippen LogP contribution in [0.1, 0.15) is 38.3 Å². The van der Waals surface area contributed by atoms with Crippen LogP contribution in [0.25, 0.3) is 10.9 Å². The first kappa shape index (κ1) is 19.9. The first-order valence-electron chi connectivity index (χ1n) is 10.3. The van der Waals surface area contributed by atoms with E-state index in [1.54, 1.807) is 10.8 Å². The summed E-state index contributed by atoms with van der Waals surface area (Å²) in [6.07, 6.45) is 3.39. The Morgan fingerprint density at radius 3 is 2.69 bits per heavy atom. The summed E-state index contributed by atoms with van der Waals surface area (Å²) in [4.78, 5) is 32.1. The molecule has 0 bridgehead atoms. The minimum atomic E-state index is -0.504. The first-order chi connectivity index (χ1) is 13.8. The third kappa shape index (κ3) is 3.32. The van der Waals surface area contributed by atoms with Crippen LogP contribution in [0, 0.1) is 18.8 Å². The Morgan fingerprint density at radius 1 is 1.31 bits per heavy atom. The summed E-state index contributed by atoms with van der Waals surface area (Å²) in [5, 5.41) is 0.386. The summed E-state index contributed by atoms with van der Waals surface area (Å²) in [6.45, 7) is 8.89. The van der Waals surface area contributed by atoms with E-state index in [0.29, 0.717) is 40.6 Å². The van der Waals surface area contributed by atoms with Gasteiger partial charge in [-0.1, -0.05) is 6.92 Å². The van der Waals surface area contributed by atoms with Gasteiger partial charge in [-0.25, -0.2) is 9.78 Å². The molecule has 2 fully saturated rings. The fourth-order valence-corrected chi connectivity index (χ4v) is 4.58. The van der Waals surface area contributed by atoms with E-state index >= 15 is 0 Å². The zero-order valence-corrected chi connectivity index (χ0v) is 17.3. The highest BCUT2D eigenvalue weighted by Gasteiger charge is 2.36. The molecule has 29 heavy (non-hydrogen) atoms. The van der Waals surface area contributed by atoms with Crippen LogP contribution >= 0.6 is 0 Å². The van der Waals surface area contributed by atoms with Crippen molar-refractivity contribution in [2.75, 3.05) is 37.0 Å². The van der Waals surface area contributed by atoms with Gasteiger partial charge in [-0.2, -0.15) is 4.68 Å². The molecule has 3 atom stereocenters. The minimum absolute atomic E-state index is 0.0372. The van der Waals surface area contributed by atoms with Crippen LogP contribution in [0.5, 0.6) is 0 Å². The Kier molecular flexibility index (Phi) is 5.12. The van der Waals surface area contributed by atoms with Gasteiger partial charge in [0.25, 0.3) is 5.56 Å². The standard InChI is InChI=1S/C20H30N6O3/c1-4-29-10-16(21)15-9-24(8-11(15)2)18-12(3)17-14(7-23-18)19(27)26(22)20(28)25(17)13-5-6-13/h7,11,13,15-16H,4-6,8-10,21-22H2,1-3H3. The topological polar surface area (TPSA) is 121 Å². The Balaban J connectivity index is 1.76. The summed E-state index contributed by atoms with van der Waals surface area (Å²) in [5.41, 5.74) is 6.91. The molecule has 1 aliphatic heterocycles. The monoisotopic (exact) mass is 402 g/mol. The second-order valence-electron chi connectivity index (χ2n) is 8.40. The minimum Gasteiger partial charge on any atom is -0.380 e. The van der Waals surface area contributed by atoms with E-state index in [-0.39, 0.29) is 12.1 Å². The van der Waals surface area contributed by atoms with Gasteiger partial charge in [0.1, 0.15) is 5.82 Å². The van der Waals surface area contributed by atoms with Crippen molar-refractivity contribution < 1.29 is 4.74 Å². The number of hydrogen-bond donors (Lipinski definition) is 2. The van der Waals surface area contributed by atoms with E-state index in [1.165, 1.54) is 0 Å². The number of nitrogens with zero attached hydrogens (tertiary/aromatic N) is 4. The molecule has 0 spiro atoms. The maximum absolute atomic E-state index is 12.7. The maximum atomic E-state index is 12.7. The summed E-state index contributed by atoms with van der Waals surface area (Å²) in [7, 11) is 0. The normalized spacial score (nSPS) is 23.1. The van der Waals surface area contributed by atoms with Gasteiger partial charge in [0.15, 0.2) is 0 Å². The third-order valence-corrected chi connectivity index (χ3v) is 6.31. The molecule has 4 N–H and O–H groups in total. The maximum Gasteiger partial charge on any atom is 0.350 e. The molecule has 1 saturated heterocycles. The van der Waals surface area contributed by atoms with Gasteiger partial charge in [0.05, 0.1) is 17.5 Å². The number of fused-ring (bicyclic) bond motifs is 1. The molecule has 0 amide bonds. The lowest BCUT2D eigenvalue weighted by Crippen LogP contribution is -2.44. The number of nitrogen functional groups attached to an aromatic ring is 1. The summed E-state index contributed by atoms with van der Waals surface area (Å²) in [5.74, 6) is 7.23. The average molecular weight is 402 g/mol. The van der Waals surface area contributed by atoms with Crippen LogP contribution < -0.4 is 27.7 Å². The Morgan fingerprint density at radius 2 is 2.03 bits per heavy atom. The molecular weight excluding hydrogens is 372 g/mol. The first-order valence-corrected chi connectivity index (χ1v) is 10.3. The fraction of sp³-hybridized carbons (Fsp3) is 0.650. The number of pyridine rings is 1. The van der Waals surface area contributed by atoms with Gasteiger partial charge in [-0.3, -0.25) is 9.36 Å².